The number of carbonyl (C=O) groups excluding carboxylic acids is 2. The molecule has 1 N–H and O–H groups in total. The second-order valence-electron chi connectivity index (χ2n) is 8.53. The van der Waals surface area contributed by atoms with Gasteiger partial charge in [0, 0.05) is 12.2 Å². The summed E-state index contributed by atoms with van der Waals surface area (Å²) in [6.07, 6.45) is 2.24. The van der Waals surface area contributed by atoms with Crippen molar-refractivity contribution in [2.24, 2.45) is 17.3 Å². The number of amides is 1. The topological polar surface area (TPSA) is 64.6 Å². The third-order valence-electron chi connectivity index (χ3n) is 5.16. The van der Waals surface area contributed by atoms with Crippen LogP contribution >= 0.6 is 11.8 Å². The minimum absolute atomic E-state index is 0.0362. The van der Waals surface area contributed by atoms with E-state index < -0.39 is 0 Å². The normalized spacial score (nSPS) is 29.2. The average molecular weight is 374 g/mol. The van der Waals surface area contributed by atoms with Crippen LogP contribution in [0.25, 0.3) is 0 Å². The second-order valence-corrected chi connectivity index (χ2v) is 10.1. The molecule has 4 atom stereocenters. The summed E-state index contributed by atoms with van der Waals surface area (Å²) in [4.78, 5) is 24.7. The molecule has 2 fully saturated rings. The number of β-lactam (4-membered cyclic amide) rings is 1. The van der Waals surface area contributed by atoms with Crippen molar-refractivity contribution in [1.29, 1.82) is 0 Å². The lowest BCUT2D eigenvalue weighted by atomic mass is 9.66. The zero-order valence-electron chi connectivity index (χ0n) is 15.7. The maximum Gasteiger partial charge on any atom is 0.227 e. The first-order valence-corrected chi connectivity index (χ1v) is 10.4. The monoisotopic (exact) mass is 373 g/mol. The van der Waals surface area contributed by atoms with Gasteiger partial charge in [0.15, 0.2) is 0 Å². The molecule has 0 bridgehead atoms. The molecular formula is C17H31NO4SSi. The van der Waals surface area contributed by atoms with Gasteiger partial charge in [-0.15, -0.1) is 0 Å². The molecule has 0 unspecified atom stereocenters. The van der Waals surface area contributed by atoms with Crippen molar-refractivity contribution >= 4 is 33.3 Å². The molecule has 0 radical (unpaired) electrons. The molecule has 0 aromatic rings. The van der Waals surface area contributed by atoms with Crippen LogP contribution in [0.3, 0.4) is 0 Å². The first kappa shape index (κ1) is 19.9. The standard InChI is InChI=1S/C17H31NO4SSi/c1-16(2,3)10(9-17(4,5)22-24)12-13(19)18-14(12)23-15(20)11-7-6-8-21-11/h10-12,14H,6-9H2,1-5,24H3,(H,18,19)/t10-,11-,12+,14-/m1/s1. The zero-order chi connectivity index (χ0) is 18.1. The van der Waals surface area contributed by atoms with Crippen molar-refractivity contribution in [3.05, 3.63) is 0 Å². The highest BCUT2D eigenvalue weighted by Crippen LogP contribution is 2.45. The smallest absolute Gasteiger partial charge is 0.227 e. The van der Waals surface area contributed by atoms with Crippen LogP contribution in [0.15, 0.2) is 0 Å². The van der Waals surface area contributed by atoms with Crippen molar-refractivity contribution in [3.63, 3.8) is 0 Å². The summed E-state index contributed by atoms with van der Waals surface area (Å²) < 4.78 is 11.2. The van der Waals surface area contributed by atoms with Crippen LogP contribution in [0, 0.1) is 17.3 Å². The Balaban J connectivity index is 2.09. The van der Waals surface area contributed by atoms with Crippen LogP contribution in [0.1, 0.15) is 53.9 Å². The highest BCUT2D eigenvalue weighted by atomic mass is 32.2. The minimum atomic E-state index is -0.303. The van der Waals surface area contributed by atoms with E-state index in [4.69, 9.17) is 9.16 Å². The summed E-state index contributed by atoms with van der Waals surface area (Å²) in [6.45, 7) is 11.3. The second kappa shape index (κ2) is 7.48. The van der Waals surface area contributed by atoms with E-state index in [-0.39, 0.29) is 45.4 Å². The Morgan fingerprint density at radius 1 is 1.42 bits per heavy atom. The predicted molar refractivity (Wildman–Crippen MR) is 99.7 cm³/mol. The molecule has 2 heterocycles. The molecule has 24 heavy (non-hydrogen) atoms. The lowest BCUT2D eigenvalue weighted by Gasteiger charge is -2.48. The highest BCUT2D eigenvalue weighted by Gasteiger charge is 2.51. The Labute approximate surface area is 152 Å². The fraction of sp³-hybridized carbons (Fsp3) is 0.882. The molecule has 0 aromatic heterocycles. The van der Waals surface area contributed by atoms with Crippen molar-refractivity contribution in [2.75, 3.05) is 6.61 Å². The largest absolute Gasteiger partial charge is 0.423 e. The van der Waals surface area contributed by atoms with E-state index in [0.717, 1.165) is 19.3 Å². The van der Waals surface area contributed by atoms with E-state index in [2.05, 4.69) is 39.9 Å². The van der Waals surface area contributed by atoms with Gasteiger partial charge in [-0.2, -0.15) is 0 Å². The molecular weight excluding hydrogens is 342 g/mol. The highest BCUT2D eigenvalue weighted by molar-refractivity contribution is 8.14. The van der Waals surface area contributed by atoms with Crippen LogP contribution in [0.5, 0.6) is 0 Å². The van der Waals surface area contributed by atoms with Gasteiger partial charge in [-0.25, -0.2) is 0 Å². The van der Waals surface area contributed by atoms with Crippen molar-refractivity contribution in [2.45, 2.75) is 71.0 Å². The summed E-state index contributed by atoms with van der Waals surface area (Å²) >= 11 is 1.25. The van der Waals surface area contributed by atoms with Gasteiger partial charge in [-0.1, -0.05) is 32.5 Å². The number of nitrogens with one attached hydrogen (secondary N) is 1. The van der Waals surface area contributed by atoms with E-state index in [1.54, 1.807) is 0 Å². The molecule has 0 saturated carbocycles. The number of ether oxygens (including phenoxy) is 1. The number of thioether (sulfide) groups is 1. The lowest BCUT2D eigenvalue weighted by molar-refractivity contribution is -0.138. The first-order valence-electron chi connectivity index (χ1n) is 8.73. The number of carbonyl (C=O) groups is 2. The summed E-state index contributed by atoms with van der Waals surface area (Å²) in [5.74, 6) is 0.0538. The van der Waals surface area contributed by atoms with Crippen LogP contribution in [-0.4, -0.2) is 45.2 Å². The van der Waals surface area contributed by atoms with Crippen molar-refractivity contribution in [3.8, 4) is 0 Å². The van der Waals surface area contributed by atoms with E-state index in [1.807, 2.05) is 0 Å². The van der Waals surface area contributed by atoms with E-state index in [1.165, 1.54) is 11.8 Å². The first-order chi connectivity index (χ1) is 11.0. The third kappa shape index (κ3) is 4.62. The summed E-state index contributed by atoms with van der Waals surface area (Å²) in [5.41, 5.74) is -0.278. The van der Waals surface area contributed by atoms with E-state index in [0.29, 0.717) is 17.1 Å². The number of hydrogen-bond donors (Lipinski definition) is 1. The maximum absolute atomic E-state index is 12.4. The van der Waals surface area contributed by atoms with Gasteiger partial charge >= 0.3 is 0 Å². The maximum atomic E-state index is 12.4. The fourth-order valence-corrected chi connectivity index (χ4v) is 4.80. The average Bonchev–Trinajstić information content (AvgIpc) is 2.99. The van der Waals surface area contributed by atoms with Gasteiger partial charge in [-0.3, -0.25) is 9.59 Å². The molecule has 2 rings (SSSR count). The fourth-order valence-electron chi connectivity index (χ4n) is 3.41. The summed E-state index contributed by atoms with van der Waals surface area (Å²) in [6, 6.07) is 0. The Hall–Kier alpha value is -0.373. The van der Waals surface area contributed by atoms with Crippen LogP contribution < -0.4 is 5.32 Å². The molecule has 2 aliphatic heterocycles. The molecule has 0 spiro atoms. The van der Waals surface area contributed by atoms with Gasteiger partial charge in [0.25, 0.3) is 0 Å². The molecule has 2 aliphatic rings. The number of rotatable bonds is 6. The Morgan fingerprint density at radius 2 is 2.08 bits per heavy atom. The molecule has 1 amide bonds. The SMILES string of the molecule is CC(C)(C[C@H]([C@H]1C(=O)N[C@@H]1SC(=O)[C@H]1CCCO1)C(C)(C)C)O[SiH3]. The molecule has 5 nitrogen and oxygen atoms in total. The van der Waals surface area contributed by atoms with E-state index in [9.17, 15) is 9.59 Å². The Morgan fingerprint density at radius 3 is 2.54 bits per heavy atom. The van der Waals surface area contributed by atoms with Gasteiger partial charge in [0.05, 0.1) is 11.3 Å². The predicted octanol–water partition coefficient (Wildman–Crippen LogP) is 1.63. The van der Waals surface area contributed by atoms with Crippen molar-refractivity contribution in [1.82, 2.24) is 5.32 Å². The summed E-state index contributed by atoms with van der Waals surface area (Å²) in [7, 11) is 0.671. The van der Waals surface area contributed by atoms with E-state index >= 15 is 0 Å². The summed E-state index contributed by atoms with van der Waals surface area (Å²) in [5, 5.41) is 2.82. The van der Waals surface area contributed by atoms with Crippen LogP contribution in [0.4, 0.5) is 0 Å². The van der Waals surface area contributed by atoms with Crippen LogP contribution in [-0.2, 0) is 18.8 Å². The quantitative estimate of drug-likeness (QED) is 0.566. The van der Waals surface area contributed by atoms with Crippen LogP contribution in [0.2, 0.25) is 0 Å². The molecule has 0 aromatic carbocycles. The van der Waals surface area contributed by atoms with Gasteiger partial charge in [0.1, 0.15) is 16.6 Å². The third-order valence-corrected chi connectivity index (χ3v) is 7.42. The zero-order valence-corrected chi connectivity index (χ0v) is 18.5. The Kier molecular flexibility index (Phi) is 6.21. The Bertz CT molecular complexity index is 485. The van der Waals surface area contributed by atoms with Gasteiger partial charge in [0.2, 0.25) is 11.0 Å². The van der Waals surface area contributed by atoms with Gasteiger partial charge in [-0.05, 0) is 44.4 Å². The minimum Gasteiger partial charge on any atom is -0.423 e. The molecule has 138 valence electrons. The molecule has 0 aliphatic carbocycles. The van der Waals surface area contributed by atoms with Gasteiger partial charge < -0.3 is 14.5 Å². The molecule has 2 saturated heterocycles. The molecule has 7 heteroatoms. The lowest BCUT2D eigenvalue weighted by Crippen LogP contribution is -2.62. The van der Waals surface area contributed by atoms with Crippen molar-refractivity contribution < 1.29 is 18.8 Å². The number of hydrogen-bond acceptors (Lipinski definition) is 5.